The Bertz CT molecular complexity index is 803. The van der Waals surface area contributed by atoms with Crippen LogP contribution < -0.4 is 4.74 Å². The van der Waals surface area contributed by atoms with Gasteiger partial charge in [-0.1, -0.05) is 44.7 Å². The summed E-state index contributed by atoms with van der Waals surface area (Å²) in [5.41, 5.74) is 0.588. The fraction of sp³-hybridized carbons (Fsp3) is 0.500. The summed E-state index contributed by atoms with van der Waals surface area (Å²) in [7, 11) is 0. The first kappa shape index (κ1) is 22.6. The molecule has 0 unspecified atom stereocenters. The lowest BCUT2D eigenvalue weighted by Gasteiger charge is -2.29. The molecule has 2 aromatic rings. The minimum atomic E-state index is -3.80. The maximum atomic E-state index is 14.4. The average molecular weight is 426 g/mol. The first-order valence-corrected chi connectivity index (χ1v) is 10.6. The molecule has 6 heteroatoms. The molecule has 0 radical (unpaired) electrons. The summed E-state index contributed by atoms with van der Waals surface area (Å²) in [5, 5.41) is 0. The lowest BCUT2D eigenvalue weighted by Crippen LogP contribution is -2.22. The standard InChI is InChI=1S/C24H27F5O/c1-2-3-4-5-16-6-8-17(9-7-16)18-10-12-19(13-11-18)24(28,29)30-20-14-21(25)23(27)22(26)15-20/h10-17H,2-9H2,1H3/t16-,17-. The Morgan fingerprint density at radius 2 is 1.50 bits per heavy atom. The van der Waals surface area contributed by atoms with E-state index in [1.165, 1.54) is 37.8 Å². The molecule has 1 aliphatic carbocycles. The van der Waals surface area contributed by atoms with E-state index in [2.05, 4.69) is 11.7 Å². The molecule has 1 saturated carbocycles. The topological polar surface area (TPSA) is 9.23 Å². The second-order valence-electron chi connectivity index (χ2n) is 8.16. The Hall–Kier alpha value is -2.11. The van der Waals surface area contributed by atoms with Gasteiger partial charge in [-0.25, -0.2) is 13.2 Å². The summed E-state index contributed by atoms with van der Waals surface area (Å²) in [6.45, 7) is 2.20. The summed E-state index contributed by atoms with van der Waals surface area (Å²) >= 11 is 0. The maximum Gasteiger partial charge on any atom is 0.426 e. The number of hydrogen-bond acceptors (Lipinski definition) is 1. The van der Waals surface area contributed by atoms with Gasteiger partial charge in [0.25, 0.3) is 0 Å². The first-order valence-electron chi connectivity index (χ1n) is 10.6. The molecule has 0 amide bonds. The highest BCUT2D eigenvalue weighted by Crippen LogP contribution is 2.39. The maximum absolute atomic E-state index is 14.4. The monoisotopic (exact) mass is 426 g/mol. The molecule has 0 N–H and O–H groups in total. The Morgan fingerprint density at radius 3 is 2.07 bits per heavy atom. The van der Waals surface area contributed by atoms with Gasteiger partial charge in [0, 0.05) is 12.1 Å². The molecule has 0 atom stereocenters. The van der Waals surface area contributed by atoms with Gasteiger partial charge in [0.1, 0.15) is 5.75 Å². The van der Waals surface area contributed by atoms with E-state index in [1.54, 1.807) is 12.1 Å². The molecular formula is C24H27F5O. The van der Waals surface area contributed by atoms with Gasteiger partial charge in [-0.2, -0.15) is 8.78 Å². The fourth-order valence-electron chi connectivity index (χ4n) is 4.21. The van der Waals surface area contributed by atoms with Crippen molar-refractivity contribution in [2.75, 3.05) is 0 Å². The Morgan fingerprint density at radius 1 is 0.900 bits per heavy atom. The molecule has 164 valence electrons. The molecule has 0 saturated heterocycles. The lowest BCUT2D eigenvalue weighted by atomic mass is 9.77. The van der Waals surface area contributed by atoms with Crippen LogP contribution in [-0.2, 0) is 6.11 Å². The van der Waals surface area contributed by atoms with E-state index in [4.69, 9.17) is 0 Å². The molecule has 0 bridgehead atoms. The second-order valence-corrected chi connectivity index (χ2v) is 8.16. The smallest absolute Gasteiger partial charge is 0.426 e. The highest BCUT2D eigenvalue weighted by Gasteiger charge is 2.35. The van der Waals surface area contributed by atoms with Crippen LogP contribution >= 0.6 is 0 Å². The minimum Gasteiger partial charge on any atom is -0.429 e. The Kier molecular flexibility index (Phi) is 7.37. The number of hydrogen-bond donors (Lipinski definition) is 0. The van der Waals surface area contributed by atoms with Crippen LogP contribution in [0.25, 0.3) is 0 Å². The van der Waals surface area contributed by atoms with Gasteiger partial charge >= 0.3 is 6.11 Å². The van der Waals surface area contributed by atoms with Crippen molar-refractivity contribution in [1.29, 1.82) is 0 Å². The molecule has 3 rings (SSSR count). The molecule has 0 heterocycles. The molecule has 30 heavy (non-hydrogen) atoms. The third kappa shape index (κ3) is 5.52. The van der Waals surface area contributed by atoms with E-state index >= 15 is 0 Å². The van der Waals surface area contributed by atoms with Crippen LogP contribution in [0.4, 0.5) is 22.0 Å². The van der Waals surface area contributed by atoms with E-state index in [0.717, 1.165) is 37.2 Å². The molecule has 2 aromatic carbocycles. The number of halogens is 5. The van der Waals surface area contributed by atoms with Crippen molar-refractivity contribution in [2.24, 2.45) is 5.92 Å². The highest BCUT2D eigenvalue weighted by molar-refractivity contribution is 5.30. The van der Waals surface area contributed by atoms with Crippen molar-refractivity contribution < 1.29 is 26.7 Å². The third-order valence-corrected chi connectivity index (χ3v) is 5.98. The van der Waals surface area contributed by atoms with Gasteiger partial charge in [-0.15, -0.1) is 0 Å². The van der Waals surface area contributed by atoms with Crippen molar-refractivity contribution in [3.63, 3.8) is 0 Å². The minimum absolute atomic E-state index is 0.358. The van der Waals surface area contributed by atoms with Crippen molar-refractivity contribution in [3.05, 3.63) is 65.0 Å². The first-order chi connectivity index (χ1) is 14.3. The molecule has 0 aromatic heterocycles. The van der Waals surface area contributed by atoms with E-state index in [-0.39, 0.29) is 0 Å². The predicted molar refractivity (Wildman–Crippen MR) is 106 cm³/mol. The molecule has 1 fully saturated rings. The zero-order chi connectivity index (χ0) is 21.7. The fourth-order valence-corrected chi connectivity index (χ4v) is 4.21. The average Bonchev–Trinajstić information content (AvgIpc) is 2.72. The summed E-state index contributed by atoms with van der Waals surface area (Å²) in [5.74, 6) is -4.54. The van der Waals surface area contributed by atoms with Crippen LogP contribution in [0.1, 0.15) is 75.3 Å². The highest BCUT2D eigenvalue weighted by atomic mass is 19.3. The number of unbranched alkanes of at least 4 members (excludes halogenated alkanes) is 2. The zero-order valence-corrected chi connectivity index (χ0v) is 17.1. The SMILES string of the molecule is CCCCC[C@H]1CC[C@H](c2ccc(C(F)(F)Oc3cc(F)c(F)c(F)c3)cc2)CC1. The van der Waals surface area contributed by atoms with Crippen molar-refractivity contribution in [1.82, 2.24) is 0 Å². The van der Waals surface area contributed by atoms with Crippen LogP contribution in [0.2, 0.25) is 0 Å². The van der Waals surface area contributed by atoms with Gasteiger partial charge in [0.2, 0.25) is 0 Å². The second kappa shape index (κ2) is 9.80. The largest absolute Gasteiger partial charge is 0.429 e. The van der Waals surface area contributed by atoms with Gasteiger partial charge in [0.05, 0.1) is 5.56 Å². The molecule has 0 spiro atoms. The zero-order valence-electron chi connectivity index (χ0n) is 17.1. The molecule has 1 nitrogen and oxygen atoms in total. The third-order valence-electron chi connectivity index (χ3n) is 5.98. The summed E-state index contributed by atoms with van der Waals surface area (Å²) in [6.07, 6.45) is 5.68. The quantitative estimate of drug-likeness (QED) is 0.235. The van der Waals surface area contributed by atoms with Crippen molar-refractivity contribution in [2.45, 2.75) is 70.3 Å². The van der Waals surface area contributed by atoms with Crippen LogP contribution in [0.15, 0.2) is 36.4 Å². The van der Waals surface area contributed by atoms with Gasteiger partial charge < -0.3 is 4.74 Å². The van der Waals surface area contributed by atoms with Crippen molar-refractivity contribution >= 4 is 0 Å². The lowest BCUT2D eigenvalue weighted by molar-refractivity contribution is -0.185. The van der Waals surface area contributed by atoms with E-state index in [9.17, 15) is 22.0 Å². The van der Waals surface area contributed by atoms with E-state index in [1.807, 2.05) is 0 Å². The van der Waals surface area contributed by atoms with E-state index < -0.39 is 34.9 Å². The van der Waals surface area contributed by atoms with Crippen LogP contribution in [-0.4, -0.2) is 0 Å². The number of alkyl halides is 2. The summed E-state index contributed by atoms with van der Waals surface area (Å²) in [4.78, 5) is 0. The Labute approximate surface area is 174 Å². The van der Waals surface area contributed by atoms with E-state index in [0.29, 0.717) is 18.1 Å². The van der Waals surface area contributed by atoms with Crippen LogP contribution in [0.3, 0.4) is 0 Å². The predicted octanol–water partition coefficient (Wildman–Crippen LogP) is 8.09. The number of rotatable bonds is 8. The van der Waals surface area contributed by atoms with Gasteiger partial charge in [-0.05, 0) is 55.2 Å². The molecule has 0 aliphatic heterocycles. The van der Waals surface area contributed by atoms with Crippen LogP contribution in [0.5, 0.6) is 5.75 Å². The van der Waals surface area contributed by atoms with Crippen LogP contribution in [0, 0.1) is 23.4 Å². The Balaban J connectivity index is 1.61. The molecule has 1 aliphatic rings. The summed E-state index contributed by atoms with van der Waals surface area (Å²) < 4.78 is 72.8. The number of benzene rings is 2. The molecular weight excluding hydrogens is 399 g/mol. The van der Waals surface area contributed by atoms with Crippen molar-refractivity contribution in [3.8, 4) is 5.75 Å². The normalized spacial score (nSPS) is 19.7. The summed E-state index contributed by atoms with van der Waals surface area (Å²) in [6, 6.07) is 6.69. The van der Waals surface area contributed by atoms with Gasteiger partial charge in [0.15, 0.2) is 17.5 Å². The number of ether oxygens (including phenoxy) is 1. The van der Waals surface area contributed by atoms with Gasteiger partial charge in [-0.3, -0.25) is 0 Å².